The molecule has 1 aromatic heterocycles. The molecular weight excluding hydrogens is 366 g/mol. The average molecular weight is 402 g/mol. The lowest BCUT2D eigenvalue weighted by Gasteiger charge is -2.40. The second-order valence-corrected chi connectivity index (χ2v) is 8.50. The van der Waals surface area contributed by atoms with Crippen molar-refractivity contribution >= 4 is 11.9 Å². The summed E-state index contributed by atoms with van der Waals surface area (Å²) in [6, 6.07) is 3.84. The summed E-state index contributed by atoms with van der Waals surface area (Å²) in [7, 11) is 0. The van der Waals surface area contributed by atoms with Gasteiger partial charge in [-0.25, -0.2) is 14.8 Å². The van der Waals surface area contributed by atoms with Crippen LogP contribution in [0, 0.1) is 23.2 Å². The van der Waals surface area contributed by atoms with E-state index in [1.807, 2.05) is 39.5 Å². The number of nitriles is 1. The molecule has 2 fully saturated rings. The normalized spacial score (nSPS) is 18.5. The third kappa shape index (κ3) is 6.59. The van der Waals surface area contributed by atoms with Gasteiger partial charge in [0.2, 0.25) is 0 Å². The molecule has 0 radical (unpaired) electrons. The molecule has 3 heterocycles. The lowest BCUT2D eigenvalue weighted by molar-refractivity contribution is 0.0152. The minimum atomic E-state index is -0.437. The zero-order valence-corrected chi connectivity index (χ0v) is 18.5. The lowest BCUT2D eigenvalue weighted by atomic mass is 9.79. The van der Waals surface area contributed by atoms with Crippen molar-refractivity contribution in [2.75, 3.05) is 31.1 Å². The van der Waals surface area contributed by atoms with Crippen LogP contribution in [0.4, 0.5) is 10.6 Å². The number of rotatable bonds is 2. The SMILES string of the molecule is CC.CC(C)(C)OC(=O)N1CCC(C2CCN(c3cc(C#N)ncn3)CC2)CC1. The maximum atomic E-state index is 12.2. The van der Waals surface area contributed by atoms with Crippen molar-refractivity contribution in [3.8, 4) is 6.07 Å². The van der Waals surface area contributed by atoms with Crippen molar-refractivity contribution < 1.29 is 9.53 Å². The standard InChI is InChI=1S/C20H29N5O2.C2H6/c1-20(2,3)27-19(26)25-10-6-16(7-11-25)15-4-8-24(9-5-15)18-12-17(13-21)22-14-23-18;1-2/h12,14-16H,4-11H2,1-3H3;1-2H3. The van der Waals surface area contributed by atoms with Crippen LogP contribution in [-0.2, 0) is 4.74 Å². The van der Waals surface area contributed by atoms with Gasteiger partial charge in [-0.15, -0.1) is 0 Å². The highest BCUT2D eigenvalue weighted by Gasteiger charge is 2.32. The molecule has 0 saturated carbocycles. The summed E-state index contributed by atoms with van der Waals surface area (Å²) in [5, 5.41) is 9.00. The Hall–Kier alpha value is -2.36. The largest absolute Gasteiger partial charge is 0.444 e. The second kappa shape index (κ2) is 10.4. The predicted molar refractivity (Wildman–Crippen MR) is 114 cm³/mol. The third-order valence-electron chi connectivity index (χ3n) is 5.49. The fourth-order valence-electron chi connectivity index (χ4n) is 4.06. The molecular formula is C22H35N5O2. The van der Waals surface area contributed by atoms with Gasteiger partial charge < -0.3 is 14.5 Å². The summed E-state index contributed by atoms with van der Waals surface area (Å²) < 4.78 is 5.49. The number of aromatic nitrogens is 2. The van der Waals surface area contributed by atoms with Gasteiger partial charge in [0.25, 0.3) is 0 Å². The van der Waals surface area contributed by atoms with Gasteiger partial charge in [0.1, 0.15) is 29.5 Å². The Bertz CT molecular complexity index is 694. The van der Waals surface area contributed by atoms with Crippen molar-refractivity contribution in [3.05, 3.63) is 18.1 Å². The number of hydrogen-bond donors (Lipinski definition) is 0. The number of likely N-dealkylation sites (tertiary alicyclic amines) is 1. The molecule has 0 unspecified atom stereocenters. The monoisotopic (exact) mass is 401 g/mol. The van der Waals surface area contributed by atoms with Crippen molar-refractivity contribution in [2.45, 2.75) is 65.9 Å². The topological polar surface area (TPSA) is 82.4 Å². The molecule has 2 saturated heterocycles. The Balaban J connectivity index is 0.00000145. The van der Waals surface area contributed by atoms with E-state index >= 15 is 0 Å². The van der Waals surface area contributed by atoms with Gasteiger partial charge in [-0.3, -0.25) is 0 Å². The molecule has 7 heteroatoms. The van der Waals surface area contributed by atoms with Crippen LogP contribution < -0.4 is 4.90 Å². The Kier molecular flexibility index (Phi) is 8.24. The lowest BCUT2D eigenvalue weighted by Crippen LogP contribution is -2.44. The molecule has 29 heavy (non-hydrogen) atoms. The van der Waals surface area contributed by atoms with E-state index < -0.39 is 5.60 Å². The van der Waals surface area contributed by atoms with E-state index in [0.717, 1.165) is 57.7 Å². The van der Waals surface area contributed by atoms with Crippen LogP contribution in [0.3, 0.4) is 0 Å². The fraction of sp³-hybridized carbons (Fsp3) is 0.727. The van der Waals surface area contributed by atoms with Gasteiger partial charge in [-0.1, -0.05) is 13.8 Å². The molecule has 2 aliphatic rings. The van der Waals surface area contributed by atoms with Crippen LogP contribution in [-0.4, -0.2) is 52.7 Å². The highest BCUT2D eigenvalue weighted by atomic mass is 16.6. The first-order chi connectivity index (χ1) is 13.9. The van der Waals surface area contributed by atoms with Crippen molar-refractivity contribution in [3.63, 3.8) is 0 Å². The molecule has 0 bridgehead atoms. The van der Waals surface area contributed by atoms with Crippen molar-refractivity contribution in [2.24, 2.45) is 11.8 Å². The van der Waals surface area contributed by atoms with E-state index in [-0.39, 0.29) is 6.09 Å². The Labute approximate surface area is 175 Å². The fourth-order valence-corrected chi connectivity index (χ4v) is 4.06. The highest BCUT2D eigenvalue weighted by molar-refractivity contribution is 5.68. The second-order valence-electron chi connectivity index (χ2n) is 8.50. The average Bonchev–Trinajstić information content (AvgIpc) is 2.74. The zero-order valence-electron chi connectivity index (χ0n) is 18.5. The number of amides is 1. The van der Waals surface area contributed by atoms with Crippen LogP contribution in [0.15, 0.2) is 12.4 Å². The number of anilines is 1. The van der Waals surface area contributed by atoms with Gasteiger partial charge in [-0.05, 0) is 58.3 Å². The summed E-state index contributed by atoms with van der Waals surface area (Å²) in [5.41, 5.74) is -0.0238. The predicted octanol–water partition coefficient (Wildman–Crippen LogP) is 4.24. The Morgan fingerprint density at radius 2 is 1.62 bits per heavy atom. The van der Waals surface area contributed by atoms with E-state index in [2.05, 4.69) is 20.9 Å². The van der Waals surface area contributed by atoms with Gasteiger partial charge in [0.05, 0.1) is 0 Å². The molecule has 2 aliphatic heterocycles. The molecule has 160 valence electrons. The minimum absolute atomic E-state index is 0.187. The summed E-state index contributed by atoms with van der Waals surface area (Å²) in [5.74, 6) is 2.21. The maximum Gasteiger partial charge on any atom is 0.410 e. The van der Waals surface area contributed by atoms with Gasteiger partial charge >= 0.3 is 6.09 Å². The van der Waals surface area contributed by atoms with E-state index in [4.69, 9.17) is 10.00 Å². The molecule has 7 nitrogen and oxygen atoms in total. The number of ether oxygens (including phenoxy) is 1. The van der Waals surface area contributed by atoms with Crippen LogP contribution in [0.25, 0.3) is 0 Å². The molecule has 0 atom stereocenters. The number of piperidine rings is 2. The summed E-state index contributed by atoms with van der Waals surface area (Å²) in [6.07, 6.45) is 5.64. The minimum Gasteiger partial charge on any atom is -0.444 e. The number of carbonyl (C=O) groups is 1. The summed E-state index contributed by atoms with van der Waals surface area (Å²) in [4.78, 5) is 24.6. The summed E-state index contributed by atoms with van der Waals surface area (Å²) in [6.45, 7) is 13.2. The molecule has 0 aromatic carbocycles. The molecule has 0 N–H and O–H groups in total. The first kappa shape index (κ1) is 22.9. The van der Waals surface area contributed by atoms with Gasteiger partial charge in [0.15, 0.2) is 0 Å². The molecule has 1 amide bonds. The van der Waals surface area contributed by atoms with Crippen molar-refractivity contribution in [1.82, 2.24) is 14.9 Å². The quantitative estimate of drug-likeness (QED) is 0.737. The molecule has 0 aliphatic carbocycles. The van der Waals surface area contributed by atoms with Crippen LogP contribution in [0.2, 0.25) is 0 Å². The Morgan fingerprint density at radius 3 is 2.14 bits per heavy atom. The Morgan fingerprint density at radius 1 is 1.07 bits per heavy atom. The third-order valence-corrected chi connectivity index (χ3v) is 5.49. The highest BCUT2D eigenvalue weighted by Crippen LogP contribution is 2.33. The first-order valence-electron chi connectivity index (χ1n) is 10.8. The van der Waals surface area contributed by atoms with Crippen LogP contribution >= 0.6 is 0 Å². The molecule has 1 aromatic rings. The molecule has 0 spiro atoms. The summed E-state index contributed by atoms with van der Waals surface area (Å²) >= 11 is 0. The van der Waals surface area contributed by atoms with Crippen molar-refractivity contribution in [1.29, 1.82) is 5.26 Å². The number of carbonyl (C=O) groups excluding carboxylic acids is 1. The maximum absolute atomic E-state index is 12.2. The number of hydrogen-bond acceptors (Lipinski definition) is 6. The van der Waals surface area contributed by atoms with Crippen LogP contribution in [0.1, 0.15) is 66.0 Å². The molecule has 3 rings (SSSR count). The van der Waals surface area contributed by atoms with E-state index in [1.165, 1.54) is 6.33 Å². The zero-order chi connectivity index (χ0) is 21.4. The van der Waals surface area contributed by atoms with Gasteiger partial charge in [0, 0.05) is 32.2 Å². The first-order valence-corrected chi connectivity index (χ1v) is 10.8. The van der Waals surface area contributed by atoms with Crippen LogP contribution in [0.5, 0.6) is 0 Å². The van der Waals surface area contributed by atoms with E-state index in [9.17, 15) is 4.79 Å². The number of nitrogens with zero attached hydrogens (tertiary/aromatic N) is 5. The smallest absolute Gasteiger partial charge is 0.410 e. The van der Waals surface area contributed by atoms with Gasteiger partial charge in [-0.2, -0.15) is 5.26 Å². The van der Waals surface area contributed by atoms with E-state index in [0.29, 0.717) is 17.5 Å². The van der Waals surface area contributed by atoms with E-state index in [1.54, 1.807) is 6.07 Å².